The predicted octanol–water partition coefficient (Wildman–Crippen LogP) is 2.25. The van der Waals surface area contributed by atoms with Crippen LogP contribution in [0.15, 0.2) is 30.9 Å². The number of nitrogens with zero attached hydrogens (tertiary/aromatic N) is 3. The molecule has 0 radical (unpaired) electrons. The molecule has 1 unspecified atom stereocenters. The predicted molar refractivity (Wildman–Crippen MR) is 74.6 cm³/mol. The number of nitro benzene ring substituents is 1. The third-order valence-corrected chi connectivity index (χ3v) is 3.24. The summed E-state index contributed by atoms with van der Waals surface area (Å²) in [6.07, 6.45) is 2.57. The molecule has 0 amide bonds. The zero-order valence-electron chi connectivity index (χ0n) is 11.0. The Kier molecular flexibility index (Phi) is 4.33. The normalized spacial score (nSPS) is 17.8. The molecule has 1 atom stereocenters. The third kappa shape index (κ3) is 2.95. The summed E-state index contributed by atoms with van der Waals surface area (Å²) in [5.41, 5.74) is 0.797. The van der Waals surface area contributed by atoms with Gasteiger partial charge in [-0.25, -0.2) is 0 Å². The first-order chi connectivity index (χ1) is 9.65. The maximum Gasteiger partial charge on any atom is 0.293 e. The molecule has 0 saturated carbocycles. The number of hydrogen-bond acceptors (Lipinski definition) is 5. The van der Waals surface area contributed by atoms with Crippen molar-refractivity contribution in [3.8, 4) is 6.07 Å². The van der Waals surface area contributed by atoms with Gasteiger partial charge < -0.3 is 9.64 Å². The van der Waals surface area contributed by atoms with E-state index in [0.717, 1.165) is 6.42 Å². The van der Waals surface area contributed by atoms with Crippen LogP contribution in [-0.4, -0.2) is 30.7 Å². The van der Waals surface area contributed by atoms with Crippen molar-refractivity contribution in [3.05, 3.63) is 46.5 Å². The van der Waals surface area contributed by atoms with Crippen molar-refractivity contribution in [3.63, 3.8) is 0 Å². The summed E-state index contributed by atoms with van der Waals surface area (Å²) < 4.78 is 5.57. The van der Waals surface area contributed by atoms with E-state index in [1.165, 1.54) is 6.07 Å². The summed E-state index contributed by atoms with van der Waals surface area (Å²) in [7, 11) is 0. The van der Waals surface area contributed by atoms with Gasteiger partial charge in [0.05, 0.1) is 29.3 Å². The van der Waals surface area contributed by atoms with Crippen LogP contribution in [0.2, 0.25) is 0 Å². The number of anilines is 1. The largest absolute Gasteiger partial charge is 0.372 e. The second kappa shape index (κ2) is 6.17. The fourth-order valence-electron chi connectivity index (χ4n) is 2.29. The van der Waals surface area contributed by atoms with E-state index >= 15 is 0 Å². The Bertz CT molecular complexity index is 565. The molecular formula is C14H15N3O3. The number of hydrogen-bond donors (Lipinski definition) is 0. The molecule has 104 valence electrons. The van der Waals surface area contributed by atoms with E-state index in [1.54, 1.807) is 18.2 Å². The van der Waals surface area contributed by atoms with Crippen LogP contribution in [0.5, 0.6) is 0 Å². The number of rotatable bonds is 5. The Labute approximate surface area is 117 Å². The number of benzene rings is 1. The van der Waals surface area contributed by atoms with Crippen LogP contribution in [0.25, 0.3) is 0 Å². The maximum absolute atomic E-state index is 11.1. The Morgan fingerprint density at radius 1 is 1.65 bits per heavy atom. The molecule has 6 heteroatoms. The molecule has 1 saturated heterocycles. The van der Waals surface area contributed by atoms with Gasteiger partial charge in [0.25, 0.3) is 5.69 Å². The molecule has 1 aromatic carbocycles. The molecule has 6 nitrogen and oxygen atoms in total. The summed E-state index contributed by atoms with van der Waals surface area (Å²) in [5, 5.41) is 19.9. The lowest BCUT2D eigenvalue weighted by atomic mass is 10.2. The van der Waals surface area contributed by atoms with E-state index in [2.05, 4.69) is 6.58 Å². The van der Waals surface area contributed by atoms with Gasteiger partial charge in [-0.1, -0.05) is 6.08 Å². The van der Waals surface area contributed by atoms with Crippen LogP contribution in [0.1, 0.15) is 12.0 Å². The van der Waals surface area contributed by atoms with Crippen molar-refractivity contribution in [1.29, 1.82) is 5.26 Å². The Morgan fingerprint density at radius 3 is 3.10 bits per heavy atom. The van der Waals surface area contributed by atoms with Gasteiger partial charge in [0.2, 0.25) is 0 Å². The van der Waals surface area contributed by atoms with Gasteiger partial charge in [0, 0.05) is 19.2 Å². The average Bonchev–Trinajstić information content (AvgIpc) is 2.93. The minimum Gasteiger partial charge on any atom is -0.372 e. The summed E-state index contributed by atoms with van der Waals surface area (Å²) in [5.74, 6) is 0. The van der Waals surface area contributed by atoms with E-state index in [9.17, 15) is 10.1 Å². The third-order valence-electron chi connectivity index (χ3n) is 3.24. The lowest BCUT2D eigenvalue weighted by Gasteiger charge is -2.18. The molecule has 1 aliphatic rings. The molecule has 1 aromatic rings. The van der Waals surface area contributed by atoms with Gasteiger partial charge in [-0.3, -0.25) is 10.1 Å². The van der Waals surface area contributed by atoms with Crippen molar-refractivity contribution in [2.45, 2.75) is 12.5 Å². The summed E-state index contributed by atoms with van der Waals surface area (Å²) >= 11 is 0. The van der Waals surface area contributed by atoms with Crippen LogP contribution in [0.3, 0.4) is 0 Å². The summed E-state index contributed by atoms with van der Waals surface area (Å²) in [6.45, 7) is 5.39. The molecule has 20 heavy (non-hydrogen) atoms. The molecule has 1 heterocycles. The van der Waals surface area contributed by atoms with Gasteiger partial charge in [0.15, 0.2) is 0 Å². The van der Waals surface area contributed by atoms with Crippen molar-refractivity contribution in [1.82, 2.24) is 0 Å². The Balaban J connectivity index is 2.19. The second-order valence-electron chi connectivity index (χ2n) is 4.55. The quantitative estimate of drug-likeness (QED) is 0.467. The molecule has 1 fully saturated rings. The van der Waals surface area contributed by atoms with Crippen molar-refractivity contribution in [2.24, 2.45) is 0 Å². The SMILES string of the molecule is C=CCOC1CCN(c2ccc(C#N)cc2[N+](=O)[O-])C1. The topological polar surface area (TPSA) is 79.4 Å². The first kappa shape index (κ1) is 14.0. The van der Waals surface area contributed by atoms with Gasteiger partial charge in [0.1, 0.15) is 5.69 Å². The second-order valence-corrected chi connectivity index (χ2v) is 4.55. The van der Waals surface area contributed by atoms with Crippen LogP contribution < -0.4 is 4.90 Å². The molecule has 0 aromatic heterocycles. The van der Waals surface area contributed by atoms with Crippen molar-refractivity contribution in [2.75, 3.05) is 24.6 Å². The van der Waals surface area contributed by atoms with Crippen LogP contribution in [0, 0.1) is 21.4 Å². The number of nitro groups is 1. The van der Waals surface area contributed by atoms with E-state index in [-0.39, 0.29) is 11.8 Å². The number of ether oxygens (including phenoxy) is 1. The standard InChI is InChI=1S/C14H15N3O3/c1-2-7-20-12-5-6-16(10-12)13-4-3-11(9-15)8-14(13)17(18)19/h2-4,8,12H,1,5-7,10H2. The Hall–Kier alpha value is -2.39. The lowest BCUT2D eigenvalue weighted by Crippen LogP contribution is -2.23. The number of nitriles is 1. The molecular weight excluding hydrogens is 258 g/mol. The summed E-state index contributed by atoms with van der Waals surface area (Å²) in [4.78, 5) is 12.6. The van der Waals surface area contributed by atoms with E-state index in [1.807, 2.05) is 11.0 Å². The molecule has 0 bridgehead atoms. The highest BCUT2D eigenvalue weighted by Gasteiger charge is 2.28. The molecule has 2 rings (SSSR count). The fraction of sp³-hybridized carbons (Fsp3) is 0.357. The molecule has 0 N–H and O–H groups in total. The summed E-state index contributed by atoms with van der Waals surface area (Å²) in [6, 6.07) is 6.46. The van der Waals surface area contributed by atoms with E-state index in [4.69, 9.17) is 10.00 Å². The first-order valence-electron chi connectivity index (χ1n) is 6.31. The van der Waals surface area contributed by atoms with Crippen LogP contribution >= 0.6 is 0 Å². The minimum atomic E-state index is -0.450. The highest BCUT2D eigenvalue weighted by atomic mass is 16.6. The van der Waals surface area contributed by atoms with Gasteiger partial charge >= 0.3 is 0 Å². The minimum absolute atomic E-state index is 0.0339. The van der Waals surface area contributed by atoms with Gasteiger partial charge in [-0.2, -0.15) is 5.26 Å². The average molecular weight is 273 g/mol. The zero-order valence-corrected chi connectivity index (χ0v) is 11.0. The fourth-order valence-corrected chi connectivity index (χ4v) is 2.29. The smallest absolute Gasteiger partial charge is 0.293 e. The molecule has 1 aliphatic heterocycles. The van der Waals surface area contributed by atoms with Gasteiger partial charge in [-0.15, -0.1) is 6.58 Å². The van der Waals surface area contributed by atoms with Crippen molar-refractivity contribution < 1.29 is 9.66 Å². The highest BCUT2D eigenvalue weighted by molar-refractivity contribution is 5.66. The Morgan fingerprint density at radius 2 is 2.45 bits per heavy atom. The molecule has 0 spiro atoms. The van der Waals surface area contributed by atoms with E-state index in [0.29, 0.717) is 30.9 Å². The lowest BCUT2D eigenvalue weighted by molar-refractivity contribution is -0.384. The van der Waals surface area contributed by atoms with Crippen LogP contribution in [0.4, 0.5) is 11.4 Å². The van der Waals surface area contributed by atoms with Gasteiger partial charge in [-0.05, 0) is 18.6 Å². The monoisotopic (exact) mass is 273 g/mol. The maximum atomic E-state index is 11.1. The zero-order chi connectivity index (χ0) is 14.5. The molecule has 0 aliphatic carbocycles. The van der Waals surface area contributed by atoms with E-state index < -0.39 is 4.92 Å². The highest BCUT2D eigenvalue weighted by Crippen LogP contribution is 2.32. The first-order valence-corrected chi connectivity index (χ1v) is 6.31. The van der Waals surface area contributed by atoms with Crippen LogP contribution in [-0.2, 0) is 4.74 Å². The van der Waals surface area contributed by atoms with Crippen molar-refractivity contribution >= 4 is 11.4 Å².